The topological polar surface area (TPSA) is 57.6 Å². The molecule has 0 aromatic heterocycles. The molecule has 0 spiro atoms. The van der Waals surface area contributed by atoms with Crippen molar-refractivity contribution < 1.29 is 26.1 Å². The summed E-state index contributed by atoms with van der Waals surface area (Å²) >= 11 is 0. The van der Waals surface area contributed by atoms with E-state index in [0.29, 0.717) is 0 Å². The van der Waals surface area contributed by atoms with Gasteiger partial charge in [0.1, 0.15) is 0 Å². The van der Waals surface area contributed by atoms with Crippen molar-refractivity contribution in [3.8, 4) is 0 Å². The van der Waals surface area contributed by atoms with Crippen LogP contribution in [0.4, 0.5) is 13.2 Å². The molecule has 4 nitrogen and oxygen atoms in total. The maximum atomic E-state index is 10.7. The molecule has 1 rings (SSSR count). The van der Waals surface area contributed by atoms with E-state index in [9.17, 15) is 13.2 Å². The van der Waals surface area contributed by atoms with Crippen LogP contribution in [0.5, 0.6) is 0 Å². The first kappa shape index (κ1) is 18.2. The maximum Gasteiger partial charge on any atom is 0.522 e. The molecule has 0 aromatic rings. The van der Waals surface area contributed by atoms with Crippen LogP contribution in [-0.4, -0.2) is 36.5 Å². The predicted octanol–water partition coefficient (Wildman–Crippen LogP) is 3.18. The highest BCUT2D eigenvalue weighted by atomic mass is 32.2. The number of hydrogen-bond donors (Lipinski definition) is 1. The molecule has 0 aromatic carbocycles. The molecule has 114 valence electrons. The van der Waals surface area contributed by atoms with E-state index in [1.807, 2.05) is 0 Å². The lowest BCUT2D eigenvalue weighted by Crippen LogP contribution is -2.28. The van der Waals surface area contributed by atoms with Crippen LogP contribution in [0.15, 0.2) is 12.3 Å². The molecule has 0 saturated carbocycles. The summed E-state index contributed by atoms with van der Waals surface area (Å²) in [4.78, 5) is 2.45. The Morgan fingerprint density at radius 3 is 2.00 bits per heavy atom. The third-order valence-electron chi connectivity index (χ3n) is 2.63. The minimum absolute atomic E-state index is 1.18. The molecule has 19 heavy (non-hydrogen) atoms. The van der Waals surface area contributed by atoms with Crippen molar-refractivity contribution in [2.75, 3.05) is 13.1 Å². The first-order valence-electron chi connectivity index (χ1n) is 6.06. The van der Waals surface area contributed by atoms with Gasteiger partial charge in [-0.25, -0.2) is 0 Å². The Hall–Kier alpha value is -0.760. The highest BCUT2D eigenvalue weighted by Crippen LogP contribution is 2.20. The second-order valence-electron chi connectivity index (χ2n) is 4.28. The van der Waals surface area contributed by atoms with Gasteiger partial charge in [-0.1, -0.05) is 19.9 Å². The van der Waals surface area contributed by atoms with E-state index in [1.54, 1.807) is 0 Å². The predicted molar refractivity (Wildman–Crippen MR) is 67.1 cm³/mol. The largest absolute Gasteiger partial charge is 0.522 e. The zero-order valence-corrected chi connectivity index (χ0v) is 11.7. The molecule has 1 fully saturated rings. The summed E-state index contributed by atoms with van der Waals surface area (Å²) in [5.41, 5.74) is -4.18. The second-order valence-corrected chi connectivity index (χ2v) is 5.70. The molecular formula is C11H20F3NO3S. The number of allylic oxidation sites excluding steroid dienone is 1. The zero-order valence-electron chi connectivity index (χ0n) is 10.9. The van der Waals surface area contributed by atoms with E-state index < -0.39 is 15.6 Å². The first-order valence-corrected chi connectivity index (χ1v) is 7.50. The van der Waals surface area contributed by atoms with Crippen LogP contribution in [0.25, 0.3) is 0 Å². The van der Waals surface area contributed by atoms with E-state index in [4.69, 9.17) is 13.0 Å². The van der Waals surface area contributed by atoms with E-state index in [2.05, 4.69) is 18.4 Å². The summed E-state index contributed by atoms with van der Waals surface area (Å²) in [6, 6.07) is 0. The molecule has 8 heteroatoms. The van der Waals surface area contributed by atoms with Crippen LogP contribution in [-0.2, 0) is 10.1 Å². The molecule has 0 atom stereocenters. The van der Waals surface area contributed by atoms with Crippen molar-refractivity contribution >= 4 is 10.1 Å². The molecule has 0 radical (unpaired) electrons. The van der Waals surface area contributed by atoms with E-state index in [0.717, 1.165) is 0 Å². The Balaban J connectivity index is 0.000000362. The van der Waals surface area contributed by atoms with Crippen molar-refractivity contribution in [3.63, 3.8) is 0 Å². The van der Waals surface area contributed by atoms with Crippen LogP contribution >= 0.6 is 0 Å². The van der Waals surface area contributed by atoms with Crippen molar-refractivity contribution in [1.82, 2.24) is 4.90 Å². The molecule has 1 saturated heterocycles. The van der Waals surface area contributed by atoms with Crippen molar-refractivity contribution in [2.45, 2.75) is 44.5 Å². The standard InChI is InChI=1S/C10H19N.CHF3O3S/c1-3-7-10(2)11-8-5-4-6-9-11;2-1(3,4)8(5,6)7/h2-9H2,1H3;(H,5,6,7). The quantitative estimate of drug-likeness (QED) is 0.642. The van der Waals surface area contributed by atoms with Gasteiger partial charge in [-0.3, -0.25) is 4.55 Å². The fourth-order valence-electron chi connectivity index (χ4n) is 1.66. The first-order chi connectivity index (χ1) is 8.59. The van der Waals surface area contributed by atoms with Gasteiger partial charge in [0.2, 0.25) is 0 Å². The number of alkyl halides is 3. The molecule has 0 amide bonds. The summed E-state index contributed by atoms with van der Waals surface area (Å²) in [6.07, 6.45) is 6.55. The third kappa shape index (κ3) is 7.41. The smallest absolute Gasteiger partial charge is 0.375 e. The number of likely N-dealkylation sites (tertiary alicyclic amines) is 1. The van der Waals surface area contributed by atoms with E-state index in [-0.39, 0.29) is 0 Å². The summed E-state index contributed by atoms with van der Waals surface area (Å²) in [7, 11) is -5.84. The lowest BCUT2D eigenvalue weighted by Gasteiger charge is -2.30. The number of halogens is 3. The summed E-state index contributed by atoms with van der Waals surface area (Å²) in [5, 5.41) is 0. The third-order valence-corrected chi connectivity index (χ3v) is 3.22. The van der Waals surface area contributed by atoms with Gasteiger partial charge in [-0.15, -0.1) is 0 Å². The summed E-state index contributed by atoms with van der Waals surface area (Å²) in [6.45, 7) is 8.81. The van der Waals surface area contributed by atoms with Gasteiger partial charge in [0, 0.05) is 18.8 Å². The number of nitrogens with zero attached hydrogens (tertiary/aromatic N) is 1. The molecular weight excluding hydrogens is 283 g/mol. The minimum Gasteiger partial charge on any atom is -0.375 e. The van der Waals surface area contributed by atoms with E-state index in [1.165, 1.54) is 50.9 Å². The average molecular weight is 303 g/mol. The van der Waals surface area contributed by atoms with E-state index >= 15 is 0 Å². The fourth-order valence-corrected chi connectivity index (χ4v) is 1.66. The lowest BCUT2D eigenvalue weighted by atomic mass is 10.1. The Kier molecular flexibility index (Phi) is 7.43. The van der Waals surface area contributed by atoms with Gasteiger partial charge in [0.25, 0.3) is 0 Å². The van der Waals surface area contributed by atoms with Crippen LogP contribution in [0.2, 0.25) is 0 Å². The lowest BCUT2D eigenvalue weighted by molar-refractivity contribution is -0.0510. The van der Waals surface area contributed by atoms with Gasteiger partial charge in [-0.05, 0) is 25.7 Å². The monoisotopic (exact) mass is 303 g/mol. The zero-order chi connectivity index (χ0) is 15.1. The highest BCUT2D eigenvalue weighted by molar-refractivity contribution is 7.86. The fraction of sp³-hybridized carbons (Fsp3) is 0.818. The maximum absolute atomic E-state index is 10.7. The van der Waals surface area contributed by atoms with Gasteiger partial charge in [0.15, 0.2) is 0 Å². The Morgan fingerprint density at radius 1 is 1.26 bits per heavy atom. The Bertz CT molecular complexity index is 373. The highest BCUT2D eigenvalue weighted by Gasteiger charge is 2.44. The Morgan fingerprint density at radius 2 is 1.68 bits per heavy atom. The number of piperidine rings is 1. The van der Waals surface area contributed by atoms with Gasteiger partial charge < -0.3 is 4.90 Å². The molecule has 0 unspecified atom stereocenters. The van der Waals surface area contributed by atoms with Gasteiger partial charge >= 0.3 is 15.6 Å². The second kappa shape index (κ2) is 7.74. The van der Waals surface area contributed by atoms with Crippen LogP contribution in [0.3, 0.4) is 0 Å². The van der Waals surface area contributed by atoms with Crippen LogP contribution < -0.4 is 0 Å². The molecule has 1 heterocycles. The van der Waals surface area contributed by atoms with Crippen molar-refractivity contribution in [1.29, 1.82) is 0 Å². The molecule has 1 N–H and O–H groups in total. The van der Waals surface area contributed by atoms with Gasteiger partial charge in [-0.2, -0.15) is 21.6 Å². The molecule has 1 aliphatic heterocycles. The molecule has 0 bridgehead atoms. The Labute approximate surface area is 112 Å². The number of hydrogen-bond acceptors (Lipinski definition) is 3. The van der Waals surface area contributed by atoms with Crippen molar-refractivity contribution in [2.24, 2.45) is 0 Å². The van der Waals surface area contributed by atoms with Crippen LogP contribution in [0, 0.1) is 0 Å². The average Bonchev–Trinajstić information content (AvgIpc) is 2.29. The SMILES string of the molecule is C=C(CCC)N1CCCCC1.O=S(=O)(O)C(F)(F)F. The summed E-state index contributed by atoms with van der Waals surface area (Å²) < 4.78 is 57.5. The van der Waals surface area contributed by atoms with Gasteiger partial charge in [0.05, 0.1) is 0 Å². The summed E-state index contributed by atoms with van der Waals surface area (Å²) in [5.74, 6) is 0. The number of rotatable bonds is 3. The normalized spacial score (nSPS) is 16.6. The van der Waals surface area contributed by atoms with Crippen molar-refractivity contribution in [3.05, 3.63) is 12.3 Å². The minimum atomic E-state index is -5.84. The van der Waals surface area contributed by atoms with Crippen LogP contribution in [0.1, 0.15) is 39.0 Å². The molecule has 1 aliphatic rings. The molecule has 0 aliphatic carbocycles.